The molecule has 6 nitrogen and oxygen atoms in total. The predicted octanol–water partition coefficient (Wildman–Crippen LogP) is 2.46. The van der Waals surface area contributed by atoms with Crippen LogP contribution in [0.2, 0.25) is 0 Å². The van der Waals surface area contributed by atoms with Gasteiger partial charge in [-0.25, -0.2) is 9.97 Å². The predicted molar refractivity (Wildman–Crippen MR) is 101 cm³/mol. The van der Waals surface area contributed by atoms with Crippen molar-refractivity contribution in [1.29, 1.82) is 0 Å². The monoisotopic (exact) mass is 354 g/mol. The van der Waals surface area contributed by atoms with Gasteiger partial charge in [-0.05, 0) is 31.9 Å². The van der Waals surface area contributed by atoms with Gasteiger partial charge in [-0.1, -0.05) is 12.1 Å². The number of phenolic OH excluding ortho intramolecular Hbond substituents is 1. The molecule has 1 N–H and O–H groups in total. The van der Waals surface area contributed by atoms with Crippen LogP contribution in [0.1, 0.15) is 18.5 Å². The number of piperazine rings is 1. The lowest BCUT2D eigenvalue weighted by Gasteiger charge is -2.36. The number of aromatic hydroxyl groups is 1. The number of rotatable bonds is 4. The van der Waals surface area contributed by atoms with Crippen LogP contribution in [-0.4, -0.2) is 65.4 Å². The average molecular weight is 354 g/mol. The fourth-order valence-electron chi connectivity index (χ4n) is 3.73. The molecule has 26 heavy (non-hydrogen) atoms. The molecule has 0 bridgehead atoms. The zero-order chi connectivity index (χ0) is 17.9. The van der Waals surface area contributed by atoms with Crippen LogP contribution >= 0.6 is 0 Å². The Morgan fingerprint density at radius 1 is 1.15 bits per heavy atom. The second-order valence-electron chi connectivity index (χ2n) is 7.13. The van der Waals surface area contributed by atoms with Gasteiger partial charge < -0.3 is 14.7 Å². The molecule has 4 rings (SSSR count). The van der Waals surface area contributed by atoms with Crippen LogP contribution in [0.15, 0.2) is 30.3 Å². The van der Waals surface area contributed by atoms with Gasteiger partial charge in [-0.15, -0.1) is 0 Å². The molecule has 0 unspecified atom stereocenters. The van der Waals surface area contributed by atoms with E-state index >= 15 is 0 Å². The Labute approximate surface area is 154 Å². The first-order valence-corrected chi connectivity index (χ1v) is 9.42. The Morgan fingerprint density at radius 3 is 2.69 bits per heavy atom. The Kier molecular flexibility index (Phi) is 5.04. The zero-order valence-electron chi connectivity index (χ0n) is 15.3. The Hall–Kier alpha value is -2.18. The summed E-state index contributed by atoms with van der Waals surface area (Å²) in [6.07, 6.45) is 2.80. The van der Waals surface area contributed by atoms with Gasteiger partial charge in [-0.3, -0.25) is 4.90 Å². The van der Waals surface area contributed by atoms with Gasteiger partial charge in [0, 0.05) is 51.1 Å². The number of aromatic nitrogens is 2. The highest BCUT2D eigenvalue weighted by Gasteiger charge is 2.24. The summed E-state index contributed by atoms with van der Waals surface area (Å²) < 4.78 is 5.76. The van der Waals surface area contributed by atoms with Gasteiger partial charge in [0.2, 0.25) is 0 Å². The standard InChI is InChI=1S/C20H26N4O2/c1-15-13-19(22-20(21-15)17-6-2-3-7-18(17)25)24-10-8-23(9-11-24)14-16-5-4-12-26-16/h2-3,6-7,13,16,25H,4-5,8-12,14H2,1H3/t16-/m0/s1. The molecule has 1 atom stereocenters. The molecular formula is C20H26N4O2. The summed E-state index contributed by atoms with van der Waals surface area (Å²) in [7, 11) is 0. The number of phenols is 1. The van der Waals surface area contributed by atoms with Crippen molar-refractivity contribution in [3.05, 3.63) is 36.0 Å². The molecule has 1 aromatic carbocycles. The summed E-state index contributed by atoms with van der Waals surface area (Å²) in [5.74, 6) is 1.73. The van der Waals surface area contributed by atoms with Gasteiger partial charge in [-0.2, -0.15) is 0 Å². The van der Waals surface area contributed by atoms with Crippen LogP contribution in [0.4, 0.5) is 5.82 Å². The minimum Gasteiger partial charge on any atom is -0.507 e. The molecule has 6 heteroatoms. The van der Waals surface area contributed by atoms with Crippen LogP contribution in [0.5, 0.6) is 5.75 Å². The number of hydrogen-bond donors (Lipinski definition) is 1. The molecular weight excluding hydrogens is 328 g/mol. The highest BCUT2D eigenvalue weighted by atomic mass is 16.5. The topological polar surface area (TPSA) is 61.7 Å². The normalized spacial score (nSPS) is 21.3. The van der Waals surface area contributed by atoms with Crippen molar-refractivity contribution in [2.75, 3.05) is 44.2 Å². The summed E-state index contributed by atoms with van der Waals surface area (Å²) >= 11 is 0. The minimum atomic E-state index is 0.213. The highest BCUT2D eigenvalue weighted by molar-refractivity contribution is 5.65. The average Bonchev–Trinajstić information content (AvgIpc) is 3.15. The minimum absolute atomic E-state index is 0.213. The molecule has 0 radical (unpaired) electrons. The molecule has 138 valence electrons. The number of ether oxygens (including phenoxy) is 1. The van der Waals surface area contributed by atoms with Crippen LogP contribution in [0, 0.1) is 6.92 Å². The molecule has 3 heterocycles. The van der Waals surface area contributed by atoms with E-state index in [2.05, 4.69) is 14.8 Å². The van der Waals surface area contributed by atoms with Crippen molar-refractivity contribution >= 4 is 5.82 Å². The van der Waals surface area contributed by atoms with Gasteiger partial charge >= 0.3 is 0 Å². The van der Waals surface area contributed by atoms with Gasteiger partial charge in [0.25, 0.3) is 0 Å². The van der Waals surface area contributed by atoms with Crippen LogP contribution in [0.25, 0.3) is 11.4 Å². The first-order valence-electron chi connectivity index (χ1n) is 9.42. The van der Waals surface area contributed by atoms with E-state index in [0.717, 1.165) is 50.8 Å². The van der Waals surface area contributed by atoms with Crippen molar-refractivity contribution in [2.24, 2.45) is 0 Å². The van der Waals surface area contributed by atoms with Crippen LogP contribution < -0.4 is 4.90 Å². The van der Waals surface area contributed by atoms with E-state index in [-0.39, 0.29) is 5.75 Å². The fourth-order valence-corrected chi connectivity index (χ4v) is 3.73. The van der Waals surface area contributed by atoms with E-state index in [4.69, 9.17) is 9.72 Å². The van der Waals surface area contributed by atoms with E-state index in [1.54, 1.807) is 6.07 Å². The maximum Gasteiger partial charge on any atom is 0.165 e. The smallest absolute Gasteiger partial charge is 0.165 e. The number of anilines is 1. The van der Waals surface area contributed by atoms with E-state index in [9.17, 15) is 5.11 Å². The van der Waals surface area contributed by atoms with Gasteiger partial charge in [0.05, 0.1) is 11.7 Å². The van der Waals surface area contributed by atoms with Crippen molar-refractivity contribution in [3.63, 3.8) is 0 Å². The second kappa shape index (κ2) is 7.60. The highest BCUT2D eigenvalue weighted by Crippen LogP contribution is 2.28. The Balaban J connectivity index is 1.46. The molecule has 2 saturated heterocycles. The van der Waals surface area contributed by atoms with E-state index in [1.165, 1.54) is 12.8 Å². The third-order valence-corrected chi connectivity index (χ3v) is 5.17. The quantitative estimate of drug-likeness (QED) is 0.910. The Morgan fingerprint density at radius 2 is 1.96 bits per heavy atom. The van der Waals surface area contributed by atoms with E-state index in [1.807, 2.05) is 31.2 Å². The molecule has 2 aliphatic rings. The first kappa shape index (κ1) is 17.2. The SMILES string of the molecule is Cc1cc(N2CCN(C[C@@H]3CCCO3)CC2)nc(-c2ccccc2O)n1. The summed E-state index contributed by atoms with van der Waals surface area (Å²) in [4.78, 5) is 14.0. The number of benzene rings is 1. The van der Waals surface area contributed by atoms with Crippen molar-refractivity contribution in [1.82, 2.24) is 14.9 Å². The molecule has 2 aliphatic heterocycles. The summed E-state index contributed by atoms with van der Waals surface area (Å²) in [6.45, 7) is 7.87. The van der Waals surface area contributed by atoms with Gasteiger partial charge in [0.1, 0.15) is 11.6 Å². The lowest BCUT2D eigenvalue weighted by atomic mass is 10.2. The largest absolute Gasteiger partial charge is 0.507 e. The number of aryl methyl sites for hydroxylation is 1. The third kappa shape index (κ3) is 3.81. The van der Waals surface area contributed by atoms with Crippen molar-refractivity contribution in [3.8, 4) is 17.1 Å². The first-order chi connectivity index (χ1) is 12.7. The molecule has 0 spiro atoms. The lowest BCUT2D eigenvalue weighted by molar-refractivity contribution is 0.0712. The molecule has 0 aliphatic carbocycles. The van der Waals surface area contributed by atoms with Crippen molar-refractivity contribution < 1.29 is 9.84 Å². The fraction of sp³-hybridized carbons (Fsp3) is 0.500. The van der Waals surface area contributed by atoms with E-state index < -0.39 is 0 Å². The molecule has 0 saturated carbocycles. The lowest BCUT2D eigenvalue weighted by Crippen LogP contribution is -2.48. The maximum atomic E-state index is 10.1. The third-order valence-electron chi connectivity index (χ3n) is 5.17. The second-order valence-corrected chi connectivity index (χ2v) is 7.13. The summed E-state index contributed by atoms with van der Waals surface area (Å²) in [5.41, 5.74) is 1.59. The maximum absolute atomic E-state index is 10.1. The molecule has 2 fully saturated rings. The number of nitrogens with zero attached hydrogens (tertiary/aromatic N) is 4. The van der Waals surface area contributed by atoms with E-state index in [0.29, 0.717) is 17.5 Å². The number of hydrogen-bond acceptors (Lipinski definition) is 6. The molecule has 0 amide bonds. The summed E-state index contributed by atoms with van der Waals surface area (Å²) in [6, 6.07) is 9.25. The zero-order valence-corrected chi connectivity index (χ0v) is 15.3. The molecule has 1 aromatic heterocycles. The Bertz CT molecular complexity index is 753. The van der Waals surface area contributed by atoms with Crippen LogP contribution in [0.3, 0.4) is 0 Å². The van der Waals surface area contributed by atoms with Crippen LogP contribution in [-0.2, 0) is 4.74 Å². The molecule has 2 aromatic rings. The van der Waals surface area contributed by atoms with Gasteiger partial charge in [0.15, 0.2) is 5.82 Å². The number of para-hydroxylation sites is 1. The van der Waals surface area contributed by atoms with Crippen molar-refractivity contribution in [2.45, 2.75) is 25.9 Å². The summed E-state index contributed by atoms with van der Waals surface area (Å²) in [5, 5.41) is 10.1.